The molecule has 1 unspecified atom stereocenters. The van der Waals surface area contributed by atoms with Crippen LogP contribution < -0.4 is 10.6 Å². The van der Waals surface area contributed by atoms with Crippen molar-refractivity contribution in [3.8, 4) is 0 Å². The molecule has 7 nitrogen and oxygen atoms in total. The van der Waals surface area contributed by atoms with Gasteiger partial charge in [-0.2, -0.15) is 11.8 Å². The molecule has 3 N–H and O–H groups in total. The predicted octanol–water partition coefficient (Wildman–Crippen LogP) is 4.30. The number of aliphatic imine (C=N–C) groups is 1. The zero-order valence-corrected chi connectivity index (χ0v) is 18.7. The van der Waals surface area contributed by atoms with Crippen LogP contribution >= 0.6 is 11.8 Å². The number of H-pyrrole nitrogens is 1. The quantitative estimate of drug-likeness (QED) is 0.706. The number of anilines is 2. The zero-order valence-electron chi connectivity index (χ0n) is 17.9. The van der Waals surface area contributed by atoms with E-state index >= 15 is 0 Å². The molecule has 2 fully saturated rings. The highest BCUT2D eigenvalue weighted by Gasteiger charge is 2.22. The van der Waals surface area contributed by atoms with Crippen molar-refractivity contribution in [3.63, 3.8) is 0 Å². The summed E-state index contributed by atoms with van der Waals surface area (Å²) in [5, 5.41) is 0. The van der Waals surface area contributed by atoms with Crippen LogP contribution in [-0.2, 0) is 4.74 Å². The summed E-state index contributed by atoms with van der Waals surface area (Å²) in [6.07, 6.45) is 8.18. The molecule has 8 heteroatoms. The Bertz CT molecular complexity index is 850. The SMILES string of the molecule is C1CCSCC1.C=Nc1[nH]ccc1/C(=C\C)c1nc(N)cc(N2CCOCC2C)n1. The monoisotopic (exact) mass is 428 g/mol. The van der Waals surface area contributed by atoms with Gasteiger partial charge in [-0.15, -0.1) is 0 Å². The van der Waals surface area contributed by atoms with E-state index in [4.69, 9.17) is 15.5 Å². The third-order valence-electron chi connectivity index (χ3n) is 5.17. The van der Waals surface area contributed by atoms with E-state index in [-0.39, 0.29) is 6.04 Å². The van der Waals surface area contributed by atoms with Crippen molar-refractivity contribution in [3.05, 3.63) is 35.8 Å². The molecule has 4 rings (SSSR count). The molecule has 0 amide bonds. The molecule has 0 bridgehead atoms. The Labute approximate surface area is 183 Å². The average Bonchev–Trinajstić information content (AvgIpc) is 3.24. The van der Waals surface area contributed by atoms with Crippen molar-refractivity contribution in [1.82, 2.24) is 15.0 Å². The summed E-state index contributed by atoms with van der Waals surface area (Å²) in [4.78, 5) is 18.4. The number of hydrogen-bond donors (Lipinski definition) is 2. The van der Waals surface area contributed by atoms with Crippen molar-refractivity contribution < 1.29 is 4.74 Å². The molecule has 0 radical (unpaired) electrons. The summed E-state index contributed by atoms with van der Waals surface area (Å²) < 4.78 is 5.50. The van der Waals surface area contributed by atoms with E-state index in [2.05, 4.69) is 45.3 Å². The molecular weight excluding hydrogens is 396 g/mol. The van der Waals surface area contributed by atoms with Crippen molar-refractivity contribution in [2.45, 2.75) is 39.2 Å². The average molecular weight is 429 g/mol. The van der Waals surface area contributed by atoms with E-state index in [1.165, 1.54) is 30.8 Å². The Morgan fingerprint density at radius 1 is 1.37 bits per heavy atom. The van der Waals surface area contributed by atoms with Crippen molar-refractivity contribution in [2.24, 2.45) is 4.99 Å². The molecule has 2 aromatic heterocycles. The van der Waals surface area contributed by atoms with Crippen LogP contribution in [0.25, 0.3) is 5.57 Å². The lowest BCUT2D eigenvalue weighted by Gasteiger charge is -2.34. The molecule has 0 spiro atoms. The normalized spacial score (nSPS) is 19.7. The van der Waals surface area contributed by atoms with Gasteiger partial charge in [-0.05, 0) is 51.0 Å². The summed E-state index contributed by atoms with van der Waals surface area (Å²) in [5.74, 6) is 5.36. The van der Waals surface area contributed by atoms with Crippen LogP contribution in [0, 0.1) is 0 Å². The van der Waals surface area contributed by atoms with Gasteiger partial charge in [0, 0.05) is 29.9 Å². The highest BCUT2D eigenvalue weighted by atomic mass is 32.2. The number of thioether (sulfide) groups is 1. The molecule has 0 saturated carbocycles. The summed E-state index contributed by atoms with van der Waals surface area (Å²) in [6.45, 7) is 9.80. The van der Waals surface area contributed by atoms with E-state index in [0.29, 0.717) is 30.7 Å². The van der Waals surface area contributed by atoms with E-state index in [0.717, 1.165) is 23.5 Å². The van der Waals surface area contributed by atoms with Crippen molar-refractivity contribution in [1.29, 1.82) is 0 Å². The van der Waals surface area contributed by atoms with Gasteiger partial charge in [0.1, 0.15) is 17.5 Å². The third kappa shape index (κ3) is 5.64. The topological polar surface area (TPSA) is 92.4 Å². The number of nitrogen functional groups attached to an aromatic ring is 1. The maximum absolute atomic E-state index is 6.05. The molecular formula is C22H32N6OS. The summed E-state index contributed by atoms with van der Waals surface area (Å²) in [5.41, 5.74) is 7.82. The molecule has 1 atom stereocenters. The molecule has 2 aliphatic heterocycles. The van der Waals surface area contributed by atoms with Gasteiger partial charge in [-0.1, -0.05) is 12.5 Å². The molecule has 0 aliphatic carbocycles. The van der Waals surface area contributed by atoms with Gasteiger partial charge in [-0.25, -0.2) is 15.0 Å². The first-order chi connectivity index (χ1) is 14.6. The van der Waals surface area contributed by atoms with E-state index in [1.54, 1.807) is 0 Å². The van der Waals surface area contributed by atoms with Crippen LogP contribution in [0.2, 0.25) is 0 Å². The molecule has 2 aromatic rings. The Balaban J connectivity index is 0.000000367. The van der Waals surface area contributed by atoms with Gasteiger partial charge in [0.2, 0.25) is 0 Å². The number of rotatable bonds is 4. The minimum atomic E-state index is 0.243. The molecule has 2 aliphatic rings. The second-order valence-corrected chi connectivity index (χ2v) is 8.59. The number of morpholine rings is 1. The first-order valence-electron chi connectivity index (χ1n) is 10.5. The smallest absolute Gasteiger partial charge is 0.164 e. The molecule has 2 saturated heterocycles. The number of nitrogens with zero attached hydrogens (tertiary/aromatic N) is 4. The van der Waals surface area contributed by atoms with Crippen LogP contribution in [0.15, 0.2) is 29.4 Å². The second-order valence-electron chi connectivity index (χ2n) is 7.37. The molecule has 0 aromatic carbocycles. The van der Waals surface area contributed by atoms with Gasteiger partial charge in [0.15, 0.2) is 5.82 Å². The standard InChI is InChI=1S/C17H22N6O.C5H10S/c1-4-12(13-5-6-20-16(13)19-3)17-21-14(18)9-15(22-17)23-7-8-24-10-11(23)2;1-2-4-6-5-3-1/h4-6,9,11,20H,3,7-8,10H2,1-2H3,(H2,18,21,22);1-5H2/b12-4+;. The fourth-order valence-corrected chi connectivity index (χ4v) is 4.61. The van der Waals surface area contributed by atoms with Gasteiger partial charge in [-0.3, -0.25) is 0 Å². The third-order valence-corrected chi connectivity index (χ3v) is 6.33. The number of nitrogens with two attached hydrogens (primary N) is 1. The number of allylic oxidation sites excluding steroid dienone is 1. The summed E-state index contributed by atoms with van der Waals surface area (Å²) in [6, 6.07) is 3.98. The molecule has 4 heterocycles. The fraction of sp³-hybridized carbons (Fsp3) is 0.500. The maximum atomic E-state index is 6.05. The van der Waals surface area contributed by atoms with E-state index < -0.39 is 0 Å². The lowest BCUT2D eigenvalue weighted by molar-refractivity contribution is 0.0985. The lowest BCUT2D eigenvalue weighted by atomic mass is 10.1. The van der Waals surface area contributed by atoms with E-state index in [1.807, 2.05) is 31.3 Å². The number of aromatic nitrogens is 3. The first-order valence-corrected chi connectivity index (χ1v) is 11.7. The van der Waals surface area contributed by atoms with Gasteiger partial charge < -0.3 is 20.4 Å². The lowest BCUT2D eigenvalue weighted by Crippen LogP contribution is -2.44. The van der Waals surface area contributed by atoms with Crippen LogP contribution in [0.1, 0.15) is 44.5 Å². The first kappa shape index (κ1) is 22.4. The van der Waals surface area contributed by atoms with Gasteiger partial charge >= 0.3 is 0 Å². The summed E-state index contributed by atoms with van der Waals surface area (Å²) >= 11 is 2.09. The largest absolute Gasteiger partial charge is 0.384 e. The number of ether oxygens (including phenoxy) is 1. The van der Waals surface area contributed by atoms with Crippen molar-refractivity contribution in [2.75, 3.05) is 41.9 Å². The highest BCUT2D eigenvalue weighted by Crippen LogP contribution is 2.30. The molecule has 30 heavy (non-hydrogen) atoms. The predicted molar refractivity (Wildman–Crippen MR) is 128 cm³/mol. The number of aromatic amines is 1. The van der Waals surface area contributed by atoms with Gasteiger partial charge in [0.05, 0.1) is 19.3 Å². The van der Waals surface area contributed by atoms with Crippen LogP contribution in [0.3, 0.4) is 0 Å². The Morgan fingerprint density at radius 2 is 2.17 bits per heavy atom. The highest BCUT2D eigenvalue weighted by molar-refractivity contribution is 7.99. The van der Waals surface area contributed by atoms with Crippen molar-refractivity contribution >= 4 is 41.5 Å². The van der Waals surface area contributed by atoms with Crippen LogP contribution in [0.5, 0.6) is 0 Å². The zero-order chi connectivity index (χ0) is 21.3. The van der Waals surface area contributed by atoms with Crippen LogP contribution in [0.4, 0.5) is 17.5 Å². The maximum Gasteiger partial charge on any atom is 0.164 e. The Hall–Kier alpha value is -2.32. The Kier molecular flexibility index (Phi) is 8.33. The van der Waals surface area contributed by atoms with E-state index in [9.17, 15) is 0 Å². The Morgan fingerprint density at radius 3 is 2.77 bits per heavy atom. The summed E-state index contributed by atoms with van der Waals surface area (Å²) in [7, 11) is 0. The minimum Gasteiger partial charge on any atom is -0.384 e. The fourth-order valence-electron chi connectivity index (χ4n) is 3.59. The molecule has 162 valence electrons. The minimum absolute atomic E-state index is 0.243. The van der Waals surface area contributed by atoms with Crippen LogP contribution in [-0.4, -0.2) is 59.0 Å². The number of hydrogen-bond acceptors (Lipinski definition) is 7. The number of nitrogens with one attached hydrogen (secondary N) is 1. The second kappa shape index (κ2) is 11.2. The van der Waals surface area contributed by atoms with Gasteiger partial charge in [0.25, 0.3) is 0 Å².